The van der Waals surface area contributed by atoms with Crippen molar-refractivity contribution < 1.29 is 19.1 Å². The molecular weight excluding hydrogens is 515 g/mol. The highest BCUT2D eigenvalue weighted by Crippen LogP contribution is 2.35. The fourth-order valence-corrected chi connectivity index (χ4v) is 4.20. The third-order valence-corrected chi connectivity index (χ3v) is 5.08. The molecule has 6 nitrogen and oxygen atoms in total. The van der Waals surface area contributed by atoms with Gasteiger partial charge in [-0.05, 0) is 59.3 Å². The van der Waals surface area contributed by atoms with Crippen molar-refractivity contribution in [2.24, 2.45) is 0 Å². The highest BCUT2D eigenvalue weighted by Gasteiger charge is 2.37. The molecule has 2 aromatic carbocycles. The van der Waals surface area contributed by atoms with Crippen molar-refractivity contribution >= 4 is 73.1 Å². The standard InChI is InChI=1S/C19H13Br2ClN2O4/c1-2-28-16-10(6-11(20)8-15(16)21)7-14-17(25)23-19(27)24(18(14)26)13-5-3-4-12(22)9-13/h3-9H,2H2,1H3,(H,23,25,27)/b14-7+. The number of nitrogens with zero attached hydrogens (tertiary/aromatic N) is 1. The van der Waals surface area contributed by atoms with Gasteiger partial charge in [-0.15, -0.1) is 0 Å². The average Bonchev–Trinajstić information content (AvgIpc) is 2.61. The maximum Gasteiger partial charge on any atom is 0.335 e. The Kier molecular flexibility index (Phi) is 6.22. The van der Waals surface area contributed by atoms with Crippen LogP contribution in [-0.4, -0.2) is 24.5 Å². The van der Waals surface area contributed by atoms with Crippen molar-refractivity contribution in [1.29, 1.82) is 0 Å². The average molecular weight is 529 g/mol. The largest absolute Gasteiger partial charge is 0.492 e. The summed E-state index contributed by atoms with van der Waals surface area (Å²) < 4.78 is 7.01. The maximum absolute atomic E-state index is 13.0. The summed E-state index contributed by atoms with van der Waals surface area (Å²) in [4.78, 5) is 38.5. The predicted molar refractivity (Wildman–Crippen MR) is 113 cm³/mol. The van der Waals surface area contributed by atoms with Crippen LogP contribution >= 0.6 is 43.5 Å². The lowest BCUT2D eigenvalue weighted by molar-refractivity contribution is -0.122. The number of carbonyl (C=O) groups is 3. The Morgan fingerprint density at radius 1 is 1.18 bits per heavy atom. The molecule has 0 unspecified atom stereocenters. The molecule has 1 aliphatic rings. The van der Waals surface area contributed by atoms with Gasteiger partial charge in [0.1, 0.15) is 11.3 Å². The summed E-state index contributed by atoms with van der Waals surface area (Å²) in [7, 11) is 0. The number of rotatable bonds is 4. The molecule has 1 fully saturated rings. The molecule has 1 heterocycles. The van der Waals surface area contributed by atoms with Gasteiger partial charge in [0.05, 0.1) is 16.8 Å². The number of benzene rings is 2. The second kappa shape index (κ2) is 8.46. The van der Waals surface area contributed by atoms with E-state index in [4.69, 9.17) is 16.3 Å². The van der Waals surface area contributed by atoms with Gasteiger partial charge in [-0.2, -0.15) is 0 Å². The first kappa shape index (κ1) is 20.6. The van der Waals surface area contributed by atoms with E-state index in [2.05, 4.69) is 37.2 Å². The number of imide groups is 2. The van der Waals surface area contributed by atoms with E-state index in [0.717, 1.165) is 9.37 Å². The summed E-state index contributed by atoms with van der Waals surface area (Å²) in [5, 5.41) is 2.54. The minimum Gasteiger partial charge on any atom is -0.492 e. The van der Waals surface area contributed by atoms with Crippen LogP contribution in [-0.2, 0) is 9.59 Å². The zero-order chi connectivity index (χ0) is 20.4. The maximum atomic E-state index is 13.0. The molecule has 28 heavy (non-hydrogen) atoms. The minimum atomic E-state index is -0.838. The number of carbonyl (C=O) groups excluding carboxylic acids is 3. The van der Waals surface area contributed by atoms with E-state index < -0.39 is 17.8 Å². The van der Waals surface area contributed by atoms with Crippen LogP contribution in [0.5, 0.6) is 5.75 Å². The topological polar surface area (TPSA) is 75.7 Å². The Morgan fingerprint density at radius 3 is 2.61 bits per heavy atom. The molecule has 0 bridgehead atoms. The Hall–Kier alpha value is -2.16. The number of hydrogen-bond acceptors (Lipinski definition) is 4. The van der Waals surface area contributed by atoms with Crippen molar-refractivity contribution in [3.63, 3.8) is 0 Å². The van der Waals surface area contributed by atoms with Crippen LogP contribution in [0, 0.1) is 0 Å². The number of anilines is 1. The molecule has 9 heteroatoms. The molecule has 0 aliphatic carbocycles. The van der Waals surface area contributed by atoms with Crippen LogP contribution in [0.3, 0.4) is 0 Å². The van der Waals surface area contributed by atoms with Gasteiger partial charge in [0, 0.05) is 15.1 Å². The van der Waals surface area contributed by atoms with Gasteiger partial charge in [-0.1, -0.05) is 33.6 Å². The number of nitrogens with one attached hydrogen (secondary N) is 1. The first-order chi connectivity index (χ1) is 13.3. The molecule has 144 valence electrons. The minimum absolute atomic E-state index is 0.203. The number of halogens is 3. The predicted octanol–water partition coefficient (Wildman–Crippen LogP) is 4.93. The molecule has 2 aromatic rings. The Balaban J connectivity index is 2.10. The Morgan fingerprint density at radius 2 is 1.93 bits per heavy atom. The van der Waals surface area contributed by atoms with Gasteiger partial charge in [0.25, 0.3) is 11.8 Å². The lowest BCUT2D eigenvalue weighted by Gasteiger charge is -2.26. The van der Waals surface area contributed by atoms with E-state index in [1.165, 1.54) is 12.1 Å². The summed E-state index contributed by atoms with van der Waals surface area (Å²) >= 11 is 12.8. The molecular formula is C19H13Br2ClN2O4. The fourth-order valence-electron chi connectivity index (χ4n) is 2.65. The van der Waals surface area contributed by atoms with Crippen molar-refractivity contribution in [2.75, 3.05) is 11.5 Å². The fraction of sp³-hybridized carbons (Fsp3) is 0.105. The van der Waals surface area contributed by atoms with Gasteiger partial charge in [0.2, 0.25) is 0 Å². The molecule has 0 atom stereocenters. The van der Waals surface area contributed by atoms with Crippen LogP contribution in [0.4, 0.5) is 10.5 Å². The van der Waals surface area contributed by atoms with Crippen molar-refractivity contribution in [1.82, 2.24) is 5.32 Å². The van der Waals surface area contributed by atoms with Crippen LogP contribution in [0.1, 0.15) is 12.5 Å². The van der Waals surface area contributed by atoms with E-state index >= 15 is 0 Å². The molecule has 4 amide bonds. The Bertz CT molecular complexity index is 1020. The zero-order valence-electron chi connectivity index (χ0n) is 14.5. The third-order valence-electron chi connectivity index (χ3n) is 3.79. The Labute approximate surface area is 182 Å². The summed E-state index contributed by atoms with van der Waals surface area (Å²) in [5.41, 5.74) is 0.557. The molecule has 0 saturated carbocycles. The van der Waals surface area contributed by atoms with E-state index in [9.17, 15) is 14.4 Å². The van der Waals surface area contributed by atoms with Crippen molar-refractivity contribution in [3.8, 4) is 5.75 Å². The summed E-state index contributed by atoms with van der Waals surface area (Å²) in [6, 6.07) is 8.91. The number of ether oxygens (including phenoxy) is 1. The highest BCUT2D eigenvalue weighted by molar-refractivity contribution is 9.11. The first-order valence-corrected chi connectivity index (χ1v) is 10.1. The normalized spacial score (nSPS) is 15.8. The summed E-state index contributed by atoms with van der Waals surface area (Å²) in [6.07, 6.45) is 1.39. The van der Waals surface area contributed by atoms with E-state index in [1.807, 2.05) is 6.92 Å². The van der Waals surface area contributed by atoms with Gasteiger partial charge in [-0.3, -0.25) is 14.9 Å². The van der Waals surface area contributed by atoms with E-state index in [1.54, 1.807) is 30.3 Å². The van der Waals surface area contributed by atoms with Crippen LogP contribution in [0.25, 0.3) is 6.08 Å². The van der Waals surface area contributed by atoms with Gasteiger partial charge < -0.3 is 4.74 Å². The molecule has 1 saturated heterocycles. The molecule has 1 aliphatic heterocycles. The second-order valence-corrected chi connectivity index (χ2v) is 7.88. The van der Waals surface area contributed by atoms with Crippen LogP contribution in [0.15, 0.2) is 50.9 Å². The molecule has 0 spiro atoms. The number of barbiturate groups is 1. The molecule has 3 rings (SSSR count). The molecule has 0 aromatic heterocycles. The summed E-state index contributed by atoms with van der Waals surface area (Å²) in [5.74, 6) is -1.06. The number of hydrogen-bond donors (Lipinski definition) is 1. The quantitative estimate of drug-likeness (QED) is 0.451. The number of amides is 4. The smallest absolute Gasteiger partial charge is 0.335 e. The van der Waals surface area contributed by atoms with Gasteiger partial charge in [-0.25, -0.2) is 9.69 Å². The first-order valence-electron chi connectivity index (χ1n) is 8.10. The summed E-state index contributed by atoms with van der Waals surface area (Å²) in [6.45, 7) is 2.22. The lowest BCUT2D eigenvalue weighted by atomic mass is 10.1. The lowest BCUT2D eigenvalue weighted by Crippen LogP contribution is -2.54. The molecule has 0 radical (unpaired) electrons. The van der Waals surface area contributed by atoms with Crippen molar-refractivity contribution in [2.45, 2.75) is 6.92 Å². The highest BCUT2D eigenvalue weighted by atomic mass is 79.9. The van der Waals surface area contributed by atoms with E-state index in [0.29, 0.717) is 27.4 Å². The number of urea groups is 1. The van der Waals surface area contributed by atoms with Gasteiger partial charge in [0.15, 0.2) is 0 Å². The third kappa shape index (κ3) is 4.14. The van der Waals surface area contributed by atoms with Gasteiger partial charge >= 0.3 is 6.03 Å². The molecule has 1 N–H and O–H groups in total. The SMILES string of the molecule is CCOc1c(Br)cc(Br)cc1/C=C1\C(=O)NC(=O)N(c2cccc(Cl)c2)C1=O. The van der Waals surface area contributed by atoms with E-state index in [-0.39, 0.29) is 11.3 Å². The monoisotopic (exact) mass is 526 g/mol. The van der Waals surface area contributed by atoms with Crippen molar-refractivity contribution in [3.05, 3.63) is 61.5 Å². The van der Waals surface area contributed by atoms with Crippen LogP contribution < -0.4 is 15.0 Å². The zero-order valence-corrected chi connectivity index (χ0v) is 18.4. The second-order valence-electron chi connectivity index (χ2n) is 5.68. The van der Waals surface area contributed by atoms with Crippen LogP contribution in [0.2, 0.25) is 5.02 Å².